The Kier molecular flexibility index (Phi) is 7.11. The second-order valence-corrected chi connectivity index (χ2v) is 5.92. The summed E-state index contributed by atoms with van der Waals surface area (Å²) < 4.78 is 0. The molecule has 0 aromatic heterocycles. The van der Waals surface area contributed by atoms with Crippen LogP contribution in [0.5, 0.6) is 0 Å². The van der Waals surface area contributed by atoms with Crippen molar-refractivity contribution < 1.29 is 0 Å². The highest BCUT2D eigenvalue weighted by atomic mass is 14.9. The van der Waals surface area contributed by atoms with Gasteiger partial charge in [0.05, 0.1) is 0 Å². The van der Waals surface area contributed by atoms with Gasteiger partial charge in [0.15, 0.2) is 0 Å². The van der Waals surface area contributed by atoms with Crippen molar-refractivity contribution in [1.82, 2.24) is 5.32 Å². The van der Waals surface area contributed by atoms with Crippen molar-refractivity contribution in [2.75, 3.05) is 6.54 Å². The van der Waals surface area contributed by atoms with Crippen LogP contribution in [-0.2, 0) is 0 Å². The summed E-state index contributed by atoms with van der Waals surface area (Å²) in [6, 6.07) is 0.707. The van der Waals surface area contributed by atoms with E-state index in [4.69, 9.17) is 0 Å². The Bertz CT molecular complexity index is 159. The first kappa shape index (κ1) is 14.0. The fourth-order valence-electron chi connectivity index (χ4n) is 2.79. The molecule has 1 heteroatoms. The maximum absolute atomic E-state index is 3.75. The van der Waals surface area contributed by atoms with Gasteiger partial charge in [-0.15, -0.1) is 0 Å². The van der Waals surface area contributed by atoms with Crippen molar-refractivity contribution >= 4 is 0 Å². The number of hydrogen-bond acceptors (Lipinski definition) is 1. The highest BCUT2D eigenvalue weighted by Gasteiger charge is 2.13. The molecule has 2 atom stereocenters. The molecule has 0 spiro atoms. The van der Waals surface area contributed by atoms with Crippen LogP contribution in [0.1, 0.15) is 72.1 Å². The zero-order valence-corrected chi connectivity index (χ0v) is 11.6. The zero-order chi connectivity index (χ0) is 11.8. The van der Waals surface area contributed by atoms with E-state index in [-0.39, 0.29) is 0 Å². The number of rotatable bonds is 6. The summed E-state index contributed by atoms with van der Waals surface area (Å²) in [6.45, 7) is 8.27. The molecule has 1 N–H and O–H groups in total. The van der Waals surface area contributed by atoms with Gasteiger partial charge in [-0.25, -0.2) is 0 Å². The van der Waals surface area contributed by atoms with Gasteiger partial charge in [0, 0.05) is 6.04 Å². The van der Waals surface area contributed by atoms with Crippen LogP contribution in [0, 0.1) is 11.8 Å². The summed E-state index contributed by atoms with van der Waals surface area (Å²) >= 11 is 0. The maximum Gasteiger partial charge on any atom is 0.00413 e. The lowest BCUT2D eigenvalue weighted by molar-refractivity contribution is 0.361. The average molecular weight is 225 g/mol. The van der Waals surface area contributed by atoms with Crippen molar-refractivity contribution in [1.29, 1.82) is 0 Å². The van der Waals surface area contributed by atoms with E-state index in [0.29, 0.717) is 6.04 Å². The molecule has 16 heavy (non-hydrogen) atoms. The predicted octanol–water partition coefficient (Wildman–Crippen LogP) is 4.37. The molecule has 0 bridgehead atoms. The molecule has 0 amide bonds. The van der Waals surface area contributed by atoms with Gasteiger partial charge >= 0.3 is 0 Å². The van der Waals surface area contributed by atoms with Gasteiger partial charge in [-0.2, -0.15) is 0 Å². The van der Waals surface area contributed by atoms with Crippen LogP contribution in [0.25, 0.3) is 0 Å². The third-order valence-corrected chi connectivity index (χ3v) is 4.18. The van der Waals surface area contributed by atoms with E-state index in [1.807, 2.05) is 0 Å². The molecule has 1 aliphatic carbocycles. The van der Waals surface area contributed by atoms with Gasteiger partial charge in [-0.3, -0.25) is 0 Å². The fourth-order valence-corrected chi connectivity index (χ4v) is 2.79. The van der Waals surface area contributed by atoms with Crippen molar-refractivity contribution in [3.05, 3.63) is 0 Å². The molecule has 0 aromatic rings. The normalized spacial score (nSPS) is 22.7. The van der Waals surface area contributed by atoms with E-state index < -0.39 is 0 Å². The minimum Gasteiger partial charge on any atom is -0.314 e. The molecule has 1 nitrogen and oxygen atoms in total. The summed E-state index contributed by atoms with van der Waals surface area (Å²) in [7, 11) is 0. The number of nitrogens with one attached hydrogen (secondary N) is 1. The monoisotopic (exact) mass is 225 g/mol. The van der Waals surface area contributed by atoms with Gasteiger partial charge < -0.3 is 5.32 Å². The van der Waals surface area contributed by atoms with Crippen LogP contribution < -0.4 is 5.32 Å². The molecular formula is C15H31N. The third-order valence-electron chi connectivity index (χ3n) is 4.18. The smallest absolute Gasteiger partial charge is 0.00413 e. The van der Waals surface area contributed by atoms with Gasteiger partial charge in [0.2, 0.25) is 0 Å². The van der Waals surface area contributed by atoms with E-state index >= 15 is 0 Å². The summed E-state index contributed by atoms with van der Waals surface area (Å²) in [4.78, 5) is 0. The SMILES string of the molecule is CCC(C)CC(C)NCC1CCCCCC1. The summed E-state index contributed by atoms with van der Waals surface area (Å²) in [5, 5.41) is 3.75. The van der Waals surface area contributed by atoms with Crippen LogP contribution >= 0.6 is 0 Å². The molecule has 1 aliphatic rings. The summed E-state index contributed by atoms with van der Waals surface area (Å²) in [5.41, 5.74) is 0. The van der Waals surface area contributed by atoms with E-state index in [1.165, 1.54) is 57.9 Å². The van der Waals surface area contributed by atoms with E-state index in [9.17, 15) is 0 Å². The van der Waals surface area contributed by atoms with Crippen LogP contribution in [0.4, 0.5) is 0 Å². The van der Waals surface area contributed by atoms with Crippen LogP contribution in [0.15, 0.2) is 0 Å². The predicted molar refractivity (Wildman–Crippen MR) is 72.7 cm³/mol. The lowest BCUT2D eigenvalue weighted by Gasteiger charge is -2.21. The van der Waals surface area contributed by atoms with Crippen molar-refractivity contribution in [2.24, 2.45) is 11.8 Å². The summed E-state index contributed by atoms with van der Waals surface area (Å²) in [6.07, 6.45) is 11.4. The molecule has 1 rings (SSSR count). The highest BCUT2D eigenvalue weighted by Crippen LogP contribution is 2.22. The first-order chi connectivity index (χ1) is 7.72. The summed E-state index contributed by atoms with van der Waals surface area (Å²) in [5.74, 6) is 1.83. The molecule has 0 aromatic carbocycles. The van der Waals surface area contributed by atoms with Crippen LogP contribution in [0.2, 0.25) is 0 Å². The molecule has 2 unspecified atom stereocenters. The molecule has 0 heterocycles. The van der Waals surface area contributed by atoms with Gasteiger partial charge in [-0.05, 0) is 44.6 Å². The lowest BCUT2D eigenvalue weighted by Crippen LogP contribution is -2.32. The Hall–Kier alpha value is -0.0400. The Morgan fingerprint density at radius 1 is 1.06 bits per heavy atom. The van der Waals surface area contributed by atoms with Gasteiger partial charge in [0.25, 0.3) is 0 Å². The minimum absolute atomic E-state index is 0.707. The topological polar surface area (TPSA) is 12.0 Å². The maximum atomic E-state index is 3.75. The molecule has 1 fully saturated rings. The van der Waals surface area contributed by atoms with Gasteiger partial charge in [0.1, 0.15) is 0 Å². The first-order valence-corrected chi connectivity index (χ1v) is 7.45. The highest BCUT2D eigenvalue weighted by molar-refractivity contribution is 4.70. The van der Waals surface area contributed by atoms with E-state index in [0.717, 1.165) is 11.8 Å². The van der Waals surface area contributed by atoms with E-state index in [2.05, 4.69) is 26.1 Å². The molecule has 96 valence electrons. The van der Waals surface area contributed by atoms with Crippen LogP contribution in [0.3, 0.4) is 0 Å². The molecule has 0 aliphatic heterocycles. The Balaban J connectivity index is 2.12. The molecule has 1 saturated carbocycles. The van der Waals surface area contributed by atoms with E-state index in [1.54, 1.807) is 0 Å². The van der Waals surface area contributed by atoms with Crippen LogP contribution in [-0.4, -0.2) is 12.6 Å². The quantitative estimate of drug-likeness (QED) is 0.662. The first-order valence-electron chi connectivity index (χ1n) is 7.45. The average Bonchev–Trinajstić information content (AvgIpc) is 2.54. The Labute approximate surface area is 102 Å². The van der Waals surface area contributed by atoms with Gasteiger partial charge in [-0.1, -0.05) is 46.0 Å². The number of hydrogen-bond donors (Lipinski definition) is 1. The second kappa shape index (κ2) is 8.11. The lowest BCUT2D eigenvalue weighted by atomic mass is 9.97. The van der Waals surface area contributed by atoms with Crippen molar-refractivity contribution in [2.45, 2.75) is 78.2 Å². The fraction of sp³-hybridized carbons (Fsp3) is 1.00. The second-order valence-electron chi connectivity index (χ2n) is 5.92. The molecule has 0 radical (unpaired) electrons. The standard InChI is InChI=1S/C15H31N/c1-4-13(2)11-14(3)16-12-15-9-7-5-6-8-10-15/h13-16H,4-12H2,1-3H3. The Morgan fingerprint density at radius 3 is 2.25 bits per heavy atom. The third kappa shape index (κ3) is 5.89. The Morgan fingerprint density at radius 2 is 1.69 bits per heavy atom. The van der Waals surface area contributed by atoms with Crippen molar-refractivity contribution in [3.63, 3.8) is 0 Å². The molecular weight excluding hydrogens is 194 g/mol. The molecule has 0 saturated heterocycles. The largest absolute Gasteiger partial charge is 0.314 e. The van der Waals surface area contributed by atoms with Crippen molar-refractivity contribution in [3.8, 4) is 0 Å². The minimum atomic E-state index is 0.707. The zero-order valence-electron chi connectivity index (χ0n) is 11.6.